The van der Waals surface area contributed by atoms with E-state index in [1.54, 1.807) is 6.92 Å². The van der Waals surface area contributed by atoms with Gasteiger partial charge in [0.05, 0.1) is 5.69 Å². The molecule has 0 bridgehead atoms. The number of hydrogen-bond donors (Lipinski definition) is 1. The molecule has 0 saturated carbocycles. The second-order valence-corrected chi connectivity index (χ2v) is 6.66. The van der Waals surface area contributed by atoms with E-state index < -0.39 is 0 Å². The summed E-state index contributed by atoms with van der Waals surface area (Å²) in [5.41, 5.74) is 4.44. The van der Waals surface area contributed by atoms with Crippen LogP contribution in [0.5, 0.6) is 0 Å². The Morgan fingerprint density at radius 2 is 1.96 bits per heavy atom. The summed E-state index contributed by atoms with van der Waals surface area (Å²) in [6, 6.07) is 6.09. The van der Waals surface area contributed by atoms with Crippen molar-refractivity contribution < 1.29 is 9.32 Å². The summed E-state index contributed by atoms with van der Waals surface area (Å²) in [5, 5.41) is 6.92. The van der Waals surface area contributed by atoms with Gasteiger partial charge in [-0.15, -0.1) is 0 Å². The maximum absolute atomic E-state index is 12.6. The van der Waals surface area contributed by atoms with Gasteiger partial charge in [-0.05, 0) is 51.1 Å². The lowest BCUT2D eigenvalue weighted by atomic mass is 10.1. The van der Waals surface area contributed by atoms with E-state index in [1.165, 1.54) is 11.3 Å². The summed E-state index contributed by atoms with van der Waals surface area (Å²) < 4.78 is 5.15. The molecule has 1 aromatic heterocycles. The van der Waals surface area contributed by atoms with Crippen molar-refractivity contribution in [2.45, 2.75) is 27.2 Å². The summed E-state index contributed by atoms with van der Waals surface area (Å²) in [4.78, 5) is 17.3. The van der Waals surface area contributed by atoms with Crippen molar-refractivity contribution in [1.29, 1.82) is 0 Å². The Labute approximate surface area is 148 Å². The summed E-state index contributed by atoms with van der Waals surface area (Å²) >= 11 is 0. The lowest BCUT2D eigenvalue weighted by molar-refractivity contribution is 0.102. The van der Waals surface area contributed by atoms with E-state index in [-0.39, 0.29) is 5.91 Å². The fourth-order valence-corrected chi connectivity index (χ4v) is 3.28. The van der Waals surface area contributed by atoms with Gasteiger partial charge in [0.2, 0.25) is 0 Å². The Morgan fingerprint density at radius 3 is 2.60 bits per heavy atom. The molecule has 25 heavy (non-hydrogen) atoms. The van der Waals surface area contributed by atoms with Crippen molar-refractivity contribution in [2.75, 3.05) is 43.4 Å². The van der Waals surface area contributed by atoms with E-state index in [0.29, 0.717) is 23.4 Å². The first-order chi connectivity index (χ1) is 12.0. The molecular formula is C19H26N4O2. The van der Waals surface area contributed by atoms with E-state index in [9.17, 15) is 4.79 Å². The molecule has 0 radical (unpaired) electrons. The smallest absolute Gasteiger partial charge is 0.261 e. The third-order valence-corrected chi connectivity index (χ3v) is 4.79. The quantitative estimate of drug-likeness (QED) is 0.926. The molecule has 0 aliphatic carbocycles. The first kappa shape index (κ1) is 17.5. The molecule has 1 amide bonds. The molecule has 1 aliphatic heterocycles. The molecule has 1 aliphatic rings. The van der Waals surface area contributed by atoms with Crippen LogP contribution in [-0.4, -0.2) is 49.2 Å². The topological polar surface area (TPSA) is 61.6 Å². The SMILES string of the molecule is CCc1noc(C)c1C(=O)Nc1ccc(N2CCN(C)CC2)c(C)c1. The van der Waals surface area contributed by atoms with Gasteiger partial charge in [0.1, 0.15) is 11.3 Å². The molecule has 1 N–H and O–H groups in total. The Hall–Kier alpha value is -2.34. The van der Waals surface area contributed by atoms with E-state index in [0.717, 1.165) is 31.9 Å². The highest BCUT2D eigenvalue weighted by atomic mass is 16.5. The molecular weight excluding hydrogens is 316 g/mol. The average Bonchev–Trinajstić information content (AvgIpc) is 2.97. The number of anilines is 2. The summed E-state index contributed by atoms with van der Waals surface area (Å²) in [6.07, 6.45) is 0.668. The number of rotatable bonds is 4. The van der Waals surface area contributed by atoms with Crippen molar-refractivity contribution in [3.8, 4) is 0 Å². The number of carbonyl (C=O) groups is 1. The van der Waals surface area contributed by atoms with Crippen molar-refractivity contribution >= 4 is 17.3 Å². The minimum absolute atomic E-state index is 0.164. The van der Waals surface area contributed by atoms with E-state index in [4.69, 9.17) is 4.52 Å². The van der Waals surface area contributed by atoms with E-state index in [2.05, 4.69) is 40.3 Å². The standard InChI is InChI=1S/C19H26N4O2/c1-5-16-18(14(3)25-21-16)19(24)20-15-6-7-17(13(2)12-15)23-10-8-22(4)9-11-23/h6-7,12H,5,8-11H2,1-4H3,(H,20,24). The number of benzene rings is 1. The fourth-order valence-electron chi connectivity index (χ4n) is 3.28. The van der Waals surface area contributed by atoms with E-state index >= 15 is 0 Å². The van der Waals surface area contributed by atoms with Gasteiger partial charge in [-0.3, -0.25) is 4.79 Å². The lowest BCUT2D eigenvalue weighted by Crippen LogP contribution is -2.44. The molecule has 1 aromatic carbocycles. The van der Waals surface area contributed by atoms with Crippen molar-refractivity contribution in [2.24, 2.45) is 0 Å². The lowest BCUT2D eigenvalue weighted by Gasteiger charge is -2.35. The molecule has 134 valence electrons. The molecule has 0 atom stereocenters. The van der Waals surface area contributed by atoms with Gasteiger partial charge in [0, 0.05) is 37.6 Å². The van der Waals surface area contributed by atoms with Gasteiger partial charge in [-0.1, -0.05) is 12.1 Å². The molecule has 2 heterocycles. The van der Waals surface area contributed by atoms with Crippen LogP contribution in [0.2, 0.25) is 0 Å². The number of nitrogens with one attached hydrogen (secondary N) is 1. The van der Waals surface area contributed by atoms with Crippen LogP contribution in [-0.2, 0) is 6.42 Å². The molecule has 1 fully saturated rings. The zero-order valence-electron chi connectivity index (χ0n) is 15.4. The third kappa shape index (κ3) is 3.69. The highest BCUT2D eigenvalue weighted by molar-refractivity contribution is 6.05. The van der Waals surface area contributed by atoms with Gasteiger partial charge in [-0.2, -0.15) is 0 Å². The highest BCUT2D eigenvalue weighted by Gasteiger charge is 2.20. The van der Waals surface area contributed by atoms with Gasteiger partial charge in [0.25, 0.3) is 5.91 Å². The third-order valence-electron chi connectivity index (χ3n) is 4.79. The van der Waals surface area contributed by atoms with Crippen LogP contribution in [0, 0.1) is 13.8 Å². The predicted octanol–water partition coefficient (Wildman–Crippen LogP) is 2.86. The fraction of sp³-hybridized carbons (Fsp3) is 0.474. The zero-order valence-corrected chi connectivity index (χ0v) is 15.4. The number of nitrogens with zero attached hydrogens (tertiary/aromatic N) is 3. The number of amides is 1. The number of carbonyl (C=O) groups excluding carboxylic acids is 1. The summed E-state index contributed by atoms with van der Waals surface area (Å²) in [7, 11) is 2.15. The molecule has 0 spiro atoms. The first-order valence-corrected chi connectivity index (χ1v) is 8.80. The predicted molar refractivity (Wildman–Crippen MR) is 99.5 cm³/mol. The summed E-state index contributed by atoms with van der Waals surface area (Å²) in [6.45, 7) is 10.0. The Kier molecular flexibility index (Phi) is 5.08. The molecule has 2 aromatic rings. The van der Waals surface area contributed by atoms with Gasteiger partial charge < -0.3 is 19.6 Å². The summed E-state index contributed by atoms with van der Waals surface area (Å²) in [5.74, 6) is 0.391. The molecule has 6 heteroatoms. The molecule has 1 saturated heterocycles. The number of piperazine rings is 1. The van der Waals surface area contributed by atoms with Crippen molar-refractivity contribution in [3.63, 3.8) is 0 Å². The van der Waals surface area contributed by atoms with Crippen molar-refractivity contribution in [3.05, 3.63) is 40.8 Å². The van der Waals surface area contributed by atoms with Crippen LogP contribution < -0.4 is 10.2 Å². The van der Waals surface area contributed by atoms with Crippen LogP contribution in [0.25, 0.3) is 0 Å². The van der Waals surface area contributed by atoms with Crippen LogP contribution in [0.3, 0.4) is 0 Å². The van der Waals surface area contributed by atoms with Crippen LogP contribution in [0.4, 0.5) is 11.4 Å². The normalized spacial score (nSPS) is 15.4. The molecule has 6 nitrogen and oxygen atoms in total. The Morgan fingerprint density at radius 1 is 1.24 bits per heavy atom. The number of aryl methyl sites for hydroxylation is 3. The second-order valence-electron chi connectivity index (χ2n) is 6.66. The van der Waals surface area contributed by atoms with Crippen molar-refractivity contribution in [1.82, 2.24) is 10.1 Å². The van der Waals surface area contributed by atoms with Crippen LogP contribution >= 0.6 is 0 Å². The largest absolute Gasteiger partial charge is 0.369 e. The highest BCUT2D eigenvalue weighted by Crippen LogP contribution is 2.25. The van der Waals surface area contributed by atoms with Crippen LogP contribution in [0.1, 0.15) is 34.3 Å². The van der Waals surface area contributed by atoms with Gasteiger partial charge in [0.15, 0.2) is 0 Å². The first-order valence-electron chi connectivity index (χ1n) is 8.80. The van der Waals surface area contributed by atoms with Crippen LogP contribution in [0.15, 0.2) is 22.7 Å². The minimum Gasteiger partial charge on any atom is -0.369 e. The average molecular weight is 342 g/mol. The molecule has 0 unspecified atom stereocenters. The number of aromatic nitrogens is 1. The Balaban J connectivity index is 1.74. The van der Waals surface area contributed by atoms with E-state index in [1.807, 2.05) is 19.1 Å². The second kappa shape index (κ2) is 7.27. The number of likely N-dealkylation sites (N-methyl/N-ethyl adjacent to an activating group) is 1. The molecule has 3 rings (SSSR count). The van der Waals surface area contributed by atoms with Gasteiger partial charge in [-0.25, -0.2) is 0 Å². The maximum Gasteiger partial charge on any atom is 0.261 e. The Bertz CT molecular complexity index is 761. The maximum atomic E-state index is 12.6. The monoisotopic (exact) mass is 342 g/mol. The van der Waals surface area contributed by atoms with Gasteiger partial charge >= 0.3 is 0 Å². The minimum atomic E-state index is -0.164. The number of hydrogen-bond acceptors (Lipinski definition) is 5. The zero-order chi connectivity index (χ0) is 18.0.